The number of hydrogen-bond acceptors (Lipinski definition) is 4. The van der Waals surface area contributed by atoms with Gasteiger partial charge in [0.15, 0.2) is 0 Å². The molecular weight excluding hydrogens is 316 g/mol. The summed E-state index contributed by atoms with van der Waals surface area (Å²) in [7, 11) is 1.62. The number of pyridine rings is 1. The van der Waals surface area contributed by atoms with Crippen molar-refractivity contribution in [3.63, 3.8) is 0 Å². The number of amides is 1. The molecule has 5 heteroatoms. The number of carbonyl (C=O) groups excluding carboxylic acids is 1. The van der Waals surface area contributed by atoms with Crippen LogP contribution in [-0.2, 0) is 11.3 Å². The van der Waals surface area contributed by atoms with E-state index >= 15 is 0 Å². The van der Waals surface area contributed by atoms with Gasteiger partial charge in [0.05, 0.1) is 12.8 Å². The zero-order valence-electron chi connectivity index (χ0n) is 14.6. The average Bonchev–Trinajstić information content (AvgIpc) is 2.67. The molecule has 0 spiro atoms. The van der Waals surface area contributed by atoms with Crippen LogP contribution >= 0.6 is 0 Å². The second-order valence-corrected chi connectivity index (χ2v) is 5.99. The van der Waals surface area contributed by atoms with E-state index < -0.39 is 0 Å². The molecule has 1 amide bonds. The molecule has 0 N–H and O–H groups in total. The fourth-order valence-electron chi connectivity index (χ4n) is 2.77. The summed E-state index contributed by atoms with van der Waals surface area (Å²) in [5.74, 6) is 0.642. The minimum atomic E-state index is -0.284. The summed E-state index contributed by atoms with van der Waals surface area (Å²) in [5, 5.41) is 0. The lowest BCUT2D eigenvalue weighted by atomic mass is 10.0. The van der Waals surface area contributed by atoms with Gasteiger partial charge in [-0.15, -0.1) is 0 Å². The van der Waals surface area contributed by atoms with Crippen molar-refractivity contribution in [3.8, 4) is 5.88 Å². The minimum absolute atomic E-state index is 0.284. The molecule has 0 saturated heterocycles. The van der Waals surface area contributed by atoms with E-state index in [0.29, 0.717) is 25.6 Å². The standard InChI is InChI=1S/C20H22N2O3/c1-15-8-9-18(21-19(15)24-2)17-10-12-22(13-11-17)20(23)25-14-16-6-4-3-5-7-16/h3-10H,11-14H2,1-2H3. The van der Waals surface area contributed by atoms with Gasteiger partial charge >= 0.3 is 6.09 Å². The van der Waals surface area contributed by atoms with E-state index in [-0.39, 0.29) is 6.09 Å². The monoisotopic (exact) mass is 338 g/mol. The van der Waals surface area contributed by atoms with Crippen LogP contribution in [0.2, 0.25) is 0 Å². The highest BCUT2D eigenvalue weighted by Gasteiger charge is 2.20. The predicted octanol–water partition coefficient (Wildman–Crippen LogP) is 3.82. The SMILES string of the molecule is COc1nc(C2=CCN(C(=O)OCc3ccccc3)CC2)ccc1C. The van der Waals surface area contributed by atoms with Gasteiger partial charge in [-0.25, -0.2) is 9.78 Å². The molecule has 0 saturated carbocycles. The fourth-order valence-corrected chi connectivity index (χ4v) is 2.77. The molecule has 1 aliphatic heterocycles. The molecule has 2 heterocycles. The Morgan fingerprint density at radius 3 is 2.68 bits per heavy atom. The third-order valence-corrected chi connectivity index (χ3v) is 4.25. The summed E-state index contributed by atoms with van der Waals surface area (Å²) in [6.45, 7) is 3.41. The Hall–Kier alpha value is -2.82. The van der Waals surface area contributed by atoms with Gasteiger partial charge in [0.2, 0.25) is 5.88 Å². The van der Waals surface area contributed by atoms with Crippen molar-refractivity contribution in [3.05, 3.63) is 65.4 Å². The van der Waals surface area contributed by atoms with Crippen molar-refractivity contribution >= 4 is 11.7 Å². The van der Waals surface area contributed by atoms with Crippen LogP contribution in [-0.4, -0.2) is 36.2 Å². The first-order valence-corrected chi connectivity index (χ1v) is 8.34. The molecule has 2 aromatic rings. The van der Waals surface area contributed by atoms with Crippen molar-refractivity contribution < 1.29 is 14.3 Å². The summed E-state index contributed by atoms with van der Waals surface area (Å²) in [4.78, 5) is 18.4. The highest BCUT2D eigenvalue weighted by Crippen LogP contribution is 2.24. The summed E-state index contributed by atoms with van der Waals surface area (Å²) in [5.41, 5.74) is 4.03. The third kappa shape index (κ3) is 4.18. The lowest BCUT2D eigenvalue weighted by Gasteiger charge is -2.25. The number of ether oxygens (including phenoxy) is 2. The van der Waals surface area contributed by atoms with Crippen LogP contribution < -0.4 is 4.74 Å². The van der Waals surface area contributed by atoms with Crippen LogP contribution in [0.25, 0.3) is 5.57 Å². The molecule has 0 radical (unpaired) electrons. The molecule has 130 valence electrons. The molecule has 25 heavy (non-hydrogen) atoms. The van der Waals surface area contributed by atoms with Crippen LogP contribution in [0.4, 0.5) is 4.79 Å². The summed E-state index contributed by atoms with van der Waals surface area (Å²) >= 11 is 0. The lowest BCUT2D eigenvalue weighted by Crippen LogP contribution is -2.35. The first-order chi connectivity index (χ1) is 12.2. The van der Waals surface area contributed by atoms with Crippen LogP contribution in [0.5, 0.6) is 5.88 Å². The van der Waals surface area contributed by atoms with Gasteiger partial charge in [0.1, 0.15) is 6.61 Å². The maximum atomic E-state index is 12.2. The molecular formula is C20H22N2O3. The van der Waals surface area contributed by atoms with E-state index in [1.807, 2.05) is 55.5 Å². The Balaban J connectivity index is 1.59. The van der Waals surface area contributed by atoms with Gasteiger partial charge < -0.3 is 14.4 Å². The number of methoxy groups -OCH3 is 1. The minimum Gasteiger partial charge on any atom is -0.481 e. The molecule has 0 aliphatic carbocycles. The van der Waals surface area contributed by atoms with Crippen LogP contribution in [0.15, 0.2) is 48.5 Å². The maximum absolute atomic E-state index is 12.2. The molecule has 1 aliphatic rings. The highest BCUT2D eigenvalue weighted by atomic mass is 16.6. The average molecular weight is 338 g/mol. The van der Waals surface area contributed by atoms with Crippen LogP contribution in [0.3, 0.4) is 0 Å². The van der Waals surface area contributed by atoms with Gasteiger partial charge in [0.25, 0.3) is 0 Å². The zero-order valence-corrected chi connectivity index (χ0v) is 14.6. The van der Waals surface area contributed by atoms with E-state index in [4.69, 9.17) is 9.47 Å². The molecule has 1 aromatic carbocycles. The molecule has 0 fully saturated rings. The number of rotatable bonds is 4. The first-order valence-electron chi connectivity index (χ1n) is 8.34. The number of nitrogens with zero attached hydrogens (tertiary/aromatic N) is 2. The van der Waals surface area contributed by atoms with E-state index in [1.165, 1.54) is 0 Å². The Morgan fingerprint density at radius 2 is 2.00 bits per heavy atom. The molecule has 0 bridgehead atoms. The summed E-state index contributed by atoms with van der Waals surface area (Å²) in [6.07, 6.45) is 2.50. The lowest BCUT2D eigenvalue weighted by molar-refractivity contribution is 0.0998. The van der Waals surface area contributed by atoms with Gasteiger partial charge in [-0.3, -0.25) is 0 Å². The molecule has 0 unspecified atom stereocenters. The van der Waals surface area contributed by atoms with Gasteiger partial charge in [-0.1, -0.05) is 42.5 Å². The van der Waals surface area contributed by atoms with Crippen molar-refractivity contribution in [2.75, 3.05) is 20.2 Å². The number of carbonyl (C=O) groups is 1. The third-order valence-electron chi connectivity index (χ3n) is 4.25. The molecule has 0 atom stereocenters. The Kier molecular flexibility index (Phi) is 5.33. The quantitative estimate of drug-likeness (QED) is 0.850. The van der Waals surface area contributed by atoms with Crippen LogP contribution in [0.1, 0.15) is 23.2 Å². The van der Waals surface area contributed by atoms with E-state index in [1.54, 1.807) is 12.0 Å². The normalized spacial score (nSPS) is 14.0. The second-order valence-electron chi connectivity index (χ2n) is 5.99. The summed E-state index contributed by atoms with van der Waals surface area (Å²) in [6, 6.07) is 13.7. The van der Waals surface area contributed by atoms with Crippen molar-refractivity contribution in [2.24, 2.45) is 0 Å². The van der Waals surface area contributed by atoms with Gasteiger partial charge in [0, 0.05) is 18.7 Å². The van der Waals surface area contributed by atoms with Crippen LogP contribution in [0, 0.1) is 6.92 Å². The number of benzene rings is 1. The maximum Gasteiger partial charge on any atom is 0.410 e. The number of aromatic nitrogens is 1. The first kappa shape index (κ1) is 17.0. The van der Waals surface area contributed by atoms with Crippen molar-refractivity contribution in [1.29, 1.82) is 0 Å². The smallest absolute Gasteiger partial charge is 0.410 e. The fraction of sp³-hybridized carbons (Fsp3) is 0.300. The number of aryl methyl sites for hydroxylation is 1. The highest BCUT2D eigenvalue weighted by molar-refractivity contribution is 5.71. The predicted molar refractivity (Wildman–Crippen MR) is 96.3 cm³/mol. The number of hydrogen-bond donors (Lipinski definition) is 0. The molecule has 5 nitrogen and oxygen atoms in total. The second kappa shape index (κ2) is 7.83. The van der Waals surface area contributed by atoms with E-state index in [9.17, 15) is 4.79 Å². The topological polar surface area (TPSA) is 51.7 Å². The van der Waals surface area contributed by atoms with Gasteiger partial charge in [-0.05, 0) is 30.5 Å². The summed E-state index contributed by atoms with van der Waals surface area (Å²) < 4.78 is 10.7. The Morgan fingerprint density at radius 1 is 1.20 bits per heavy atom. The van der Waals surface area contributed by atoms with Crippen molar-refractivity contribution in [2.45, 2.75) is 20.0 Å². The van der Waals surface area contributed by atoms with Crippen molar-refractivity contribution in [1.82, 2.24) is 9.88 Å². The van der Waals surface area contributed by atoms with E-state index in [0.717, 1.165) is 28.8 Å². The largest absolute Gasteiger partial charge is 0.481 e. The molecule has 3 rings (SSSR count). The Bertz CT molecular complexity index is 772. The van der Waals surface area contributed by atoms with E-state index in [2.05, 4.69) is 4.98 Å². The molecule has 1 aromatic heterocycles. The van der Waals surface area contributed by atoms with Gasteiger partial charge in [-0.2, -0.15) is 0 Å². The zero-order chi connectivity index (χ0) is 17.6. The Labute approximate surface area is 147 Å².